The van der Waals surface area contributed by atoms with E-state index in [-0.39, 0.29) is 24.6 Å². The largest absolute Gasteiger partial charge is 0.508 e. The first kappa shape index (κ1) is 22.7. The van der Waals surface area contributed by atoms with E-state index in [0.29, 0.717) is 16.7 Å². The first-order chi connectivity index (χ1) is 15.3. The molecule has 8 nitrogen and oxygen atoms in total. The van der Waals surface area contributed by atoms with Crippen LogP contribution >= 0.6 is 0 Å². The van der Waals surface area contributed by atoms with Gasteiger partial charge in [0.1, 0.15) is 22.7 Å². The minimum atomic E-state index is -0.900. The van der Waals surface area contributed by atoms with Gasteiger partial charge < -0.3 is 28.5 Å². The third kappa shape index (κ3) is 4.54. The van der Waals surface area contributed by atoms with Crippen LogP contribution < -0.4 is 4.74 Å². The number of methoxy groups -OCH3 is 2. The lowest BCUT2D eigenvalue weighted by Gasteiger charge is -2.04. The third-order valence-electron chi connectivity index (χ3n) is 5.19. The number of hydrogen-bond acceptors (Lipinski definition) is 7. The van der Waals surface area contributed by atoms with Crippen LogP contribution in [-0.2, 0) is 27.2 Å². The number of furan rings is 2. The lowest BCUT2D eigenvalue weighted by molar-refractivity contribution is -0.140. The normalized spacial score (nSPS) is 10.6. The van der Waals surface area contributed by atoms with Crippen molar-refractivity contribution in [2.75, 3.05) is 14.2 Å². The van der Waals surface area contributed by atoms with E-state index in [9.17, 15) is 14.7 Å². The Balaban J connectivity index is 0.000000182. The van der Waals surface area contributed by atoms with Crippen molar-refractivity contribution in [1.82, 2.24) is 0 Å². The Morgan fingerprint density at radius 3 is 2.00 bits per heavy atom. The number of carboxylic acid groups (broad SMARTS) is 1. The molecule has 4 rings (SSSR count). The molecule has 2 aromatic heterocycles. The summed E-state index contributed by atoms with van der Waals surface area (Å²) in [5.41, 5.74) is 4.32. The summed E-state index contributed by atoms with van der Waals surface area (Å²) in [5.74, 6) is -0.250. The van der Waals surface area contributed by atoms with Crippen molar-refractivity contribution >= 4 is 33.9 Å². The number of hydrogen-bond donors (Lipinski definition) is 2. The van der Waals surface area contributed by atoms with Gasteiger partial charge in [0.05, 0.1) is 39.6 Å². The molecule has 2 N–H and O–H groups in total. The van der Waals surface area contributed by atoms with Crippen molar-refractivity contribution in [3.63, 3.8) is 0 Å². The van der Waals surface area contributed by atoms with Gasteiger partial charge in [0, 0.05) is 33.0 Å². The number of aliphatic carboxylic acids is 1. The molecule has 168 valence electrons. The highest BCUT2D eigenvalue weighted by molar-refractivity contribution is 5.89. The van der Waals surface area contributed by atoms with E-state index >= 15 is 0 Å². The number of rotatable bonds is 5. The zero-order valence-corrected chi connectivity index (χ0v) is 18.2. The van der Waals surface area contributed by atoms with Crippen molar-refractivity contribution in [2.24, 2.45) is 0 Å². The first-order valence-corrected chi connectivity index (χ1v) is 9.77. The van der Waals surface area contributed by atoms with Crippen LogP contribution in [0.5, 0.6) is 11.5 Å². The number of carbonyl (C=O) groups excluding carboxylic acids is 1. The van der Waals surface area contributed by atoms with Crippen LogP contribution in [0, 0.1) is 13.8 Å². The highest BCUT2D eigenvalue weighted by Crippen LogP contribution is 2.31. The summed E-state index contributed by atoms with van der Waals surface area (Å²) >= 11 is 0. The number of fused-ring (bicyclic) bond motifs is 2. The number of phenols is 1. The number of ether oxygens (including phenoxy) is 2. The van der Waals surface area contributed by atoms with Crippen molar-refractivity contribution in [3.8, 4) is 11.5 Å². The molecule has 0 aliphatic carbocycles. The van der Waals surface area contributed by atoms with Gasteiger partial charge in [0.2, 0.25) is 0 Å². The maximum absolute atomic E-state index is 11.2. The molecule has 0 aliphatic rings. The van der Waals surface area contributed by atoms with Gasteiger partial charge in [-0.15, -0.1) is 0 Å². The van der Waals surface area contributed by atoms with Gasteiger partial charge in [-0.25, -0.2) is 0 Å². The lowest BCUT2D eigenvalue weighted by Crippen LogP contribution is -2.03. The molecule has 0 aliphatic heterocycles. The average molecular weight is 440 g/mol. The number of carboxylic acids is 1. The van der Waals surface area contributed by atoms with Gasteiger partial charge >= 0.3 is 11.9 Å². The Morgan fingerprint density at radius 2 is 1.44 bits per heavy atom. The minimum Gasteiger partial charge on any atom is -0.508 e. The molecule has 0 radical (unpaired) electrons. The number of carbonyl (C=O) groups is 2. The summed E-state index contributed by atoms with van der Waals surface area (Å²) < 4.78 is 20.6. The highest BCUT2D eigenvalue weighted by atomic mass is 16.5. The minimum absolute atomic E-state index is 0.0722. The number of phenolic OH excluding ortho intramolecular Hbond substituents is 1. The topological polar surface area (TPSA) is 119 Å². The summed E-state index contributed by atoms with van der Waals surface area (Å²) in [4.78, 5) is 21.8. The fourth-order valence-corrected chi connectivity index (χ4v) is 3.44. The fourth-order valence-electron chi connectivity index (χ4n) is 3.44. The lowest BCUT2D eigenvalue weighted by atomic mass is 10.1. The smallest absolute Gasteiger partial charge is 0.310 e. The summed E-state index contributed by atoms with van der Waals surface area (Å²) in [7, 11) is 2.99. The second-order valence-corrected chi connectivity index (χ2v) is 7.20. The molecule has 0 saturated carbocycles. The molecule has 2 heterocycles. The van der Waals surface area contributed by atoms with E-state index in [2.05, 4.69) is 4.74 Å². The number of aryl methyl sites for hydroxylation is 2. The molecule has 2 aromatic carbocycles. The van der Waals surface area contributed by atoms with Gasteiger partial charge in [-0.05, 0) is 38.1 Å². The van der Waals surface area contributed by atoms with E-state index in [1.54, 1.807) is 32.4 Å². The fraction of sp³-hybridized carbons (Fsp3) is 0.250. The van der Waals surface area contributed by atoms with E-state index < -0.39 is 5.97 Å². The van der Waals surface area contributed by atoms with Gasteiger partial charge in [-0.3, -0.25) is 9.59 Å². The number of esters is 1. The quantitative estimate of drug-likeness (QED) is 0.434. The summed E-state index contributed by atoms with van der Waals surface area (Å²) in [6.45, 7) is 3.65. The molecule has 0 bridgehead atoms. The van der Waals surface area contributed by atoms with Crippen LogP contribution in [0.25, 0.3) is 21.9 Å². The van der Waals surface area contributed by atoms with Crippen molar-refractivity contribution in [3.05, 3.63) is 59.0 Å². The van der Waals surface area contributed by atoms with E-state index in [4.69, 9.17) is 18.7 Å². The molecule has 0 saturated heterocycles. The average Bonchev–Trinajstić information content (AvgIpc) is 3.36. The van der Waals surface area contributed by atoms with Crippen LogP contribution in [0.2, 0.25) is 0 Å². The summed E-state index contributed by atoms with van der Waals surface area (Å²) in [5, 5.41) is 19.8. The van der Waals surface area contributed by atoms with E-state index in [1.807, 2.05) is 19.1 Å². The van der Waals surface area contributed by atoms with Crippen LogP contribution in [0.4, 0.5) is 0 Å². The molecule has 0 unspecified atom stereocenters. The van der Waals surface area contributed by atoms with Crippen LogP contribution in [0.15, 0.2) is 45.6 Å². The van der Waals surface area contributed by atoms with Gasteiger partial charge in [-0.1, -0.05) is 0 Å². The molecule has 4 aromatic rings. The van der Waals surface area contributed by atoms with E-state index in [1.165, 1.54) is 13.4 Å². The molecule has 8 heteroatoms. The molecule has 0 amide bonds. The molecule has 0 atom stereocenters. The van der Waals surface area contributed by atoms with Crippen molar-refractivity contribution < 1.29 is 38.1 Å². The Hall–Kier alpha value is -3.94. The van der Waals surface area contributed by atoms with Crippen molar-refractivity contribution in [1.29, 1.82) is 0 Å². The highest BCUT2D eigenvalue weighted by Gasteiger charge is 2.14. The Labute approximate surface area is 184 Å². The predicted molar refractivity (Wildman–Crippen MR) is 117 cm³/mol. The number of benzene rings is 2. The van der Waals surface area contributed by atoms with Gasteiger partial charge in [-0.2, -0.15) is 0 Å². The van der Waals surface area contributed by atoms with Crippen LogP contribution in [0.1, 0.15) is 22.3 Å². The molecule has 32 heavy (non-hydrogen) atoms. The molecule has 0 spiro atoms. The number of aromatic hydroxyl groups is 1. The monoisotopic (exact) mass is 440 g/mol. The zero-order valence-electron chi connectivity index (χ0n) is 18.2. The first-order valence-electron chi connectivity index (χ1n) is 9.77. The Kier molecular flexibility index (Phi) is 6.73. The molecular weight excluding hydrogens is 416 g/mol. The van der Waals surface area contributed by atoms with Gasteiger partial charge in [0.25, 0.3) is 0 Å². The third-order valence-corrected chi connectivity index (χ3v) is 5.19. The predicted octanol–water partition coefficient (Wildman–Crippen LogP) is 4.54. The molecular formula is C24H24O8. The second kappa shape index (κ2) is 9.47. The summed E-state index contributed by atoms with van der Waals surface area (Å²) in [6, 6.07) is 6.97. The van der Waals surface area contributed by atoms with Crippen LogP contribution in [0.3, 0.4) is 0 Å². The zero-order chi connectivity index (χ0) is 23.4. The maximum atomic E-state index is 11.2. The Morgan fingerprint density at radius 1 is 0.875 bits per heavy atom. The summed E-state index contributed by atoms with van der Waals surface area (Å²) in [6.07, 6.45) is 3.16. The van der Waals surface area contributed by atoms with Gasteiger partial charge in [0.15, 0.2) is 0 Å². The SMILES string of the molecule is COC(=O)Cc1coc2c(C)c(OC)ccc12.Cc1c(O)ccc2c(CC(=O)O)coc12. The van der Waals surface area contributed by atoms with Crippen LogP contribution in [-0.4, -0.2) is 36.4 Å². The molecule has 0 fully saturated rings. The van der Waals surface area contributed by atoms with Crippen molar-refractivity contribution in [2.45, 2.75) is 26.7 Å². The van der Waals surface area contributed by atoms with E-state index in [0.717, 1.165) is 33.2 Å². The second-order valence-electron chi connectivity index (χ2n) is 7.20. The Bertz CT molecular complexity index is 1280. The maximum Gasteiger partial charge on any atom is 0.310 e. The standard InChI is InChI=1S/C13H14O4.C11H10O4/c1-8-11(15-2)5-4-10-9(6-12(14)16-3)7-17-13(8)10;1-6-9(12)3-2-8-7(4-10(13)14)5-15-11(6)8/h4-5,7H,6H2,1-3H3;2-3,5,12H,4H2,1H3,(H,13,14).